The minimum atomic E-state index is 0.864. The Kier molecular flexibility index (Phi) is 10.4. The van der Waals surface area contributed by atoms with E-state index in [2.05, 4.69) is 344 Å². The third-order valence-electron chi connectivity index (χ3n) is 23.1. The molecule has 25 aromatic rings. The minimum Gasteiger partial charge on any atom is -0.455 e. The molecule has 0 unspecified atom stereocenters. The third kappa shape index (κ3) is 7.06. The highest BCUT2D eigenvalue weighted by Gasteiger charge is 2.27. The van der Waals surface area contributed by atoms with Crippen molar-refractivity contribution >= 4 is 211 Å². The van der Waals surface area contributed by atoms with Crippen LogP contribution in [0.15, 0.2) is 326 Å². The van der Waals surface area contributed by atoms with Crippen molar-refractivity contribution in [3.63, 3.8) is 0 Å². The predicted molar refractivity (Wildman–Crippen MR) is 437 cm³/mol. The van der Waals surface area contributed by atoms with E-state index < -0.39 is 0 Å². The number of aromatic nitrogens is 5. The molecule has 25 rings (SSSR count). The maximum absolute atomic E-state index is 7.30. The fourth-order valence-corrected chi connectivity index (χ4v) is 20.1. The van der Waals surface area contributed by atoms with Gasteiger partial charge in [-0.25, -0.2) is 0 Å². The Bertz CT molecular complexity index is 8190. The SMILES string of the molecule is c1ccc(-n2c3ccc(-c4cccc(-n5c6ccccc6c6ccc7c(c8ccccc8c8c9ccccc9c(-c9ccc%10oc%11c(ccc%12c%13ccc%14c%15ccccc%15sc%14c%13n%13cc%14ccccc%14c%13c%12%11)c%10c9)n78)c65)c4)cc3c3cc4c(cc32)c2ccccc2c2c3ccccc3cn42)cc1. The van der Waals surface area contributed by atoms with Crippen molar-refractivity contribution in [1.29, 1.82) is 0 Å². The molecule has 10 heterocycles. The predicted octanol–water partition coefficient (Wildman–Crippen LogP) is 26.6. The van der Waals surface area contributed by atoms with E-state index in [0.29, 0.717) is 0 Å². The quantitative estimate of drug-likeness (QED) is 0.162. The lowest BCUT2D eigenvalue weighted by Gasteiger charge is -2.16. The summed E-state index contributed by atoms with van der Waals surface area (Å²) in [5, 5.41) is 27.8. The molecule has 0 saturated heterocycles. The van der Waals surface area contributed by atoms with Gasteiger partial charge in [0.1, 0.15) is 11.2 Å². The lowest BCUT2D eigenvalue weighted by Crippen LogP contribution is -1.98. The van der Waals surface area contributed by atoms with Crippen LogP contribution in [0.5, 0.6) is 0 Å². The number of nitrogens with zero attached hydrogens (tertiary/aromatic N) is 5. The second kappa shape index (κ2) is 19.7. The van der Waals surface area contributed by atoms with Crippen LogP contribution in [-0.2, 0) is 0 Å². The van der Waals surface area contributed by atoms with Crippen LogP contribution >= 0.6 is 11.3 Å². The first kappa shape index (κ1) is 54.5. The van der Waals surface area contributed by atoms with E-state index >= 15 is 0 Å². The Morgan fingerprint density at radius 3 is 1.63 bits per heavy atom. The van der Waals surface area contributed by atoms with Crippen molar-refractivity contribution in [2.24, 2.45) is 0 Å². The number of thiophene rings is 1. The summed E-state index contributed by atoms with van der Waals surface area (Å²) in [4.78, 5) is 0. The number of benzene rings is 15. The largest absolute Gasteiger partial charge is 0.455 e. The van der Waals surface area contributed by atoms with Crippen LogP contribution in [0.2, 0.25) is 0 Å². The van der Waals surface area contributed by atoms with E-state index in [-0.39, 0.29) is 0 Å². The maximum atomic E-state index is 7.30. The number of furan rings is 1. The highest BCUT2D eigenvalue weighted by Crippen LogP contribution is 2.51. The second-order valence-electron chi connectivity index (χ2n) is 28.2. The van der Waals surface area contributed by atoms with Gasteiger partial charge in [0.2, 0.25) is 0 Å². The van der Waals surface area contributed by atoms with Crippen LogP contribution in [0.25, 0.3) is 233 Å². The highest BCUT2D eigenvalue weighted by molar-refractivity contribution is 7.26. The lowest BCUT2D eigenvalue weighted by atomic mass is 9.99. The highest BCUT2D eigenvalue weighted by atomic mass is 32.1. The Balaban J connectivity index is 0.714. The minimum absolute atomic E-state index is 0.864. The van der Waals surface area contributed by atoms with Crippen molar-refractivity contribution in [3.05, 3.63) is 322 Å². The van der Waals surface area contributed by atoms with Gasteiger partial charge in [-0.2, -0.15) is 0 Å². The molecule has 0 bridgehead atoms. The van der Waals surface area contributed by atoms with E-state index in [9.17, 15) is 0 Å². The summed E-state index contributed by atoms with van der Waals surface area (Å²) in [6, 6.07) is 116. The molecule has 0 aliphatic rings. The lowest BCUT2D eigenvalue weighted by molar-refractivity contribution is 0.673. The monoisotopic (exact) mass is 1320 g/mol. The van der Waals surface area contributed by atoms with Crippen molar-refractivity contribution in [2.45, 2.75) is 0 Å². The Hall–Kier alpha value is -13.5. The summed E-state index contributed by atoms with van der Waals surface area (Å²) in [5.74, 6) is 0. The Labute approximate surface area is 589 Å². The van der Waals surface area contributed by atoms with Crippen molar-refractivity contribution in [2.75, 3.05) is 0 Å². The van der Waals surface area contributed by atoms with Crippen LogP contribution in [-0.4, -0.2) is 22.3 Å². The molecule has 0 saturated carbocycles. The third-order valence-corrected chi connectivity index (χ3v) is 24.3. The molecule has 0 radical (unpaired) electrons. The molecule has 0 spiro atoms. The van der Waals surface area contributed by atoms with Gasteiger partial charge in [0, 0.05) is 136 Å². The summed E-state index contributed by atoms with van der Waals surface area (Å²) >= 11 is 1.89. The normalized spacial score (nSPS) is 12.7. The Morgan fingerprint density at radius 2 is 0.796 bits per heavy atom. The van der Waals surface area contributed by atoms with Crippen LogP contribution in [0.3, 0.4) is 0 Å². The summed E-state index contributed by atoms with van der Waals surface area (Å²) in [6.07, 6.45) is 4.67. The molecule has 474 valence electrons. The fraction of sp³-hybridized carbons (Fsp3) is 0. The van der Waals surface area contributed by atoms with E-state index in [0.717, 1.165) is 72.1 Å². The maximum Gasteiger partial charge on any atom is 0.145 e. The van der Waals surface area contributed by atoms with E-state index in [1.807, 2.05) is 11.3 Å². The zero-order valence-electron chi connectivity index (χ0n) is 55.2. The summed E-state index contributed by atoms with van der Waals surface area (Å²) < 4.78 is 22.4. The number of rotatable bonds is 4. The molecule has 0 amide bonds. The zero-order chi connectivity index (χ0) is 66.6. The number of para-hydroxylation sites is 2. The first-order valence-corrected chi connectivity index (χ1v) is 36.3. The van der Waals surface area contributed by atoms with Gasteiger partial charge in [-0.15, -0.1) is 11.3 Å². The standard InChI is InChI=1S/C96H53N5OS/c1-2-22-59(23-3-1)99-81-44-37-55(48-76(81)78-50-83-77(51-84(78)99)63-27-8-10-31-68(63)90-61-25-6-4-19-57(61)52-97(83)90)54-21-18-24-60(47-54)100-80-35-16-14-28-64(80)72-43-45-82-87(93(72)100)66-30-9-11-32-69(66)91-71-34-13-12-33-70(71)89(101(82)91)56-38-46-85-79(49-56)74-41-39-67-73-40-42-75-65-29-15-17-36-86(65)103-96(75)94(73)98-53-58-20-5-7-26-62(58)92(98)88(67)95(74)102-85/h1-53H. The number of hydrogen-bond acceptors (Lipinski definition) is 2. The van der Waals surface area contributed by atoms with E-state index in [1.54, 1.807) is 0 Å². The number of hydrogen-bond donors (Lipinski definition) is 0. The van der Waals surface area contributed by atoms with Gasteiger partial charge in [-0.3, -0.25) is 0 Å². The van der Waals surface area contributed by atoms with Gasteiger partial charge in [0.05, 0.1) is 70.9 Å². The van der Waals surface area contributed by atoms with Gasteiger partial charge in [-0.05, 0) is 118 Å². The van der Waals surface area contributed by atoms with Gasteiger partial charge in [-0.1, -0.05) is 218 Å². The molecule has 15 aromatic carbocycles. The molecule has 10 aromatic heterocycles. The first-order chi connectivity index (χ1) is 51.1. The summed E-state index contributed by atoms with van der Waals surface area (Å²) in [6.45, 7) is 0. The second-order valence-corrected chi connectivity index (χ2v) is 29.3. The smallest absolute Gasteiger partial charge is 0.145 e. The van der Waals surface area contributed by atoms with Crippen LogP contribution in [0.1, 0.15) is 0 Å². The first-order valence-electron chi connectivity index (χ1n) is 35.5. The molecule has 0 atom stereocenters. The molecule has 0 aliphatic heterocycles. The van der Waals surface area contributed by atoms with Gasteiger partial charge in [0.15, 0.2) is 0 Å². The molecule has 7 heteroatoms. The van der Waals surface area contributed by atoms with Crippen LogP contribution in [0.4, 0.5) is 0 Å². The topological polar surface area (TPSA) is 36.2 Å². The Morgan fingerprint density at radius 1 is 0.252 bits per heavy atom. The van der Waals surface area contributed by atoms with Gasteiger partial charge in [0.25, 0.3) is 0 Å². The number of pyridine rings is 3. The van der Waals surface area contributed by atoms with Crippen molar-refractivity contribution in [3.8, 4) is 33.8 Å². The average molecular weight is 1320 g/mol. The van der Waals surface area contributed by atoms with Gasteiger partial charge < -0.3 is 26.8 Å². The van der Waals surface area contributed by atoms with Gasteiger partial charge >= 0.3 is 0 Å². The van der Waals surface area contributed by atoms with Crippen LogP contribution < -0.4 is 0 Å². The molecular formula is C96H53N5OS. The van der Waals surface area contributed by atoms with Crippen molar-refractivity contribution < 1.29 is 4.42 Å². The van der Waals surface area contributed by atoms with E-state index in [1.165, 1.54) is 161 Å². The molecule has 103 heavy (non-hydrogen) atoms. The fourth-order valence-electron chi connectivity index (χ4n) is 18.9. The molecular weight excluding hydrogens is 1270 g/mol. The average Bonchev–Trinajstić information content (AvgIpc) is 1.56. The van der Waals surface area contributed by atoms with E-state index in [4.69, 9.17) is 4.42 Å². The number of fused-ring (bicyclic) bond motifs is 39. The molecule has 6 nitrogen and oxygen atoms in total. The summed E-state index contributed by atoms with van der Waals surface area (Å²) in [5.41, 5.74) is 20.4. The van der Waals surface area contributed by atoms with Crippen LogP contribution in [0, 0.1) is 0 Å². The molecule has 0 fully saturated rings. The molecule has 0 N–H and O–H groups in total. The summed E-state index contributed by atoms with van der Waals surface area (Å²) in [7, 11) is 0. The molecule has 0 aliphatic carbocycles. The zero-order valence-corrected chi connectivity index (χ0v) is 56.0. The van der Waals surface area contributed by atoms with Crippen molar-refractivity contribution in [1.82, 2.24) is 22.3 Å².